The average molecular weight is 900 g/mol. The van der Waals surface area contributed by atoms with Crippen LogP contribution in [0.2, 0.25) is 0 Å². The molecule has 0 fully saturated rings. The summed E-state index contributed by atoms with van der Waals surface area (Å²) in [4.78, 5) is 2.65. The number of rotatable bonds is 9. The van der Waals surface area contributed by atoms with Gasteiger partial charge >= 0.3 is 0 Å². The molecule has 0 heterocycles. The Kier molecular flexibility index (Phi) is 10.8. The number of anilines is 3. The third-order valence-electron chi connectivity index (χ3n) is 15.3. The fourth-order valence-electron chi connectivity index (χ4n) is 11.8. The Labute approximate surface area is 412 Å². The molecule has 0 aliphatic rings. The van der Waals surface area contributed by atoms with Gasteiger partial charge in [0.15, 0.2) is 0 Å². The maximum absolute atomic E-state index is 2.65. The van der Waals surface area contributed by atoms with Crippen LogP contribution in [-0.2, 0) is 19.3 Å². The quantitative estimate of drug-likeness (QED) is 0.131. The van der Waals surface area contributed by atoms with E-state index in [0.29, 0.717) is 0 Å². The fraction of sp³-hybridized carbons (Fsp3) is 0.130. The summed E-state index contributed by atoms with van der Waals surface area (Å²) in [5.41, 5.74) is 19.2. The van der Waals surface area contributed by atoms with Gasteiger partial charge in [-0.2, -0.15) is 0 Å². The van der Waals surface area contributed by atoms with Crippen LogP contribution in [0.3, 0.4) is 0 Å². The van der Waals surface area contributed by atoms with E-state index in [1.165, 1.54) is 148 Å². The third-order valence-corrected chi connectivity index (χ3v) is 15.3. The van der Waals surface area contributed by atoms with Crippen LogP contribution >= 0.6 is 0 Å². The largest absolute Gasteiger partial charge is 0.310 e. The van der Waals surface area contributed by atoms with Gasteiger partial charge in [0.25, 0.3) is 0 Å². The summed E-state index contributed by atoms with van der Waals surface area (Å²) in [6, 6.07) is 75.6. The van der Waals surface area contributed by atoms with Gasteiger partial charge in [-0.3, -0.25) is 0 Å². The molecule has 12 rings (SSSR count). The number of benzene rings is 12. The van der Waals surface area contributed by atoms with Gasteiger partial charge in [-0.05, 0) is 226 Å². The zero-order valence-electron chi connectivity index (χ0n) is 41.1. The molecule has 12 aromatic carbocycles. The average Bonchev–Trinajstić information content (AvgIpc) is 3.40. The summed E-state index contributed by atoms with van der Waals surface area (Å²) in [5, 5.41) is 15.4. The molecule has 0 spiro atoms. The fourth-order valence-corrected chi connectivity index (χ4v) is 11.8. The molecule has 0 unspecified atom stereocenters. The van der Waals surface area contributed by atoms with E-state index in [-0.39, 0.29) is 0 Å². The first-order chi connectivity index (χ1) is 34.3. The lowest BCUT2D eigenvalue weighted by Crippen LogP contribution is -2.17. The van der Waals surface area contributed by atoms with Crippen molar-refractivity contribution >= 4 is 81.7 Å². The van der Waals surface area contributed by atoms with Gasteiger partial charge in [0.1, 0.15) is 0 Å². The molecule has 0 bridgehead atoms. The molecular formula is C69H57N. The monoisotopic (exact) mass is 899 g/mol. The van der Waals surface area contributed by atoms with Crippen molar-refractivity contribution in [3.8, 4) is 33.4 Å². The van der Waals surface area contributed by atoms with E-state index in [1.807, 2.05) is 0 Å². The van der Waals surface area contributed by atoms with Gasteiger partial charge in [-0.15, -0.1) is 0 Å². The standard InChI is InChI=1S/C69H57N/c1-7-46-37-61(64-40-49-22-10-13-25-52(49)55-28-16-19-31-58(55)64)43(4)34-67(46)70(68-35-44(5)62(38-47(68)8-2)65-41-50-23-11-14-26-53(50)56-29-17-20-32-59(56)65)69-36-45(6)63(39-48(69)9-3)66-42-51-24-12-15-27-54(51)57-30-18-21-33-60(57)66/h10-42H,7-9H2,1-6H3. The van der Waals surface area contributed by atoms with Crippen LogP contribution in [0, 0.1) is 20.8 Å². The number of fused-ring (bicyclic) bond motifs is 9. The van der Waals surface area contributed by atoms with E-state index >= 15 is 0 Å². The Balaban J connectivity index is 1.11. The smallest absolute Gasteiger partial charge is 0.0496 e. The highest BCUT2D eigenvalue weighted by Crippen LogP contribution is 2.49. The molecule has 0 aliphatic carbocycles. The molecule has 0 amide bonds. The molecule has 1 heteroatoms. The maximum atomic E-state index is 2.65. The molecule has 0 aromatic heterocycles. The maximum Gasteiger partial charge on any atom is 0.0496 e. The summed E-state index contributed by atoms with van der Waals surface area (Å²) < 4.78 is 0. The van der Waals surface area contributed by atoms with E-state index in [1.54, 1.807) is 0 Å². The van der Waals surface area contributed by atoms with Crippen molar-refractivity contribution in [2.24, 2.45) is 0 Å². The topological polar surface area (TPSA) is 3.24 Å². The molecule has 12 aromatic rings. The summed E-state index contributed by atoms with van der Waals surface area (Å²) in [7, 11) is 0. The highest BCUT2D eigenvalue weighted by Gasteiger charge is 2.26. The molecule has 0 atom stereocenters. The lowest BCUT2D eigenvalue weighted by atomic mass is 9.87. The Bertz CT molecular complexity index is 3640. The number of nitrogens with zero attached hydrogens (tertiary/aromatic N) is 1. The van der Waals surface area contributed by atoms with Crippen LogP contribution in [0.15, 0.2) is 200 Å². The lowest BCUT2D eigenvalue weighted by molar-refractivity contribution is 1.06. The predicted molar refractivity (Wildman–Crippen MR) is 305 cm³/mol. The number of hydrogen-bond donors (Lipinski definition) is 0. The first-order valence-electron chi connectivity index (χ1n) is 25.3. The first kappa shape index (κ1) is 43.3. The van der Waals surface area contributed by atoms with Crippen LogP contribution in [-0.4, -0.2) is 0 Å². The molecule has 0 radical (unpaired) electrons. The van der Waals surface area contributed by atoms with Crippen LogP contribution in [0.5, 0.6) is 0 Å². The van der Waals surface area contributed by atoms with Crippen LogP contribution < -0.4 is 4.90 Å². The van der Waals surface area contributed by atoms with E-state index in [0.717, 1.165) is 19.3 Å². The highest BCUT2D eigenvalue weighted by atomic mass is 15.2. The minimum atomic E-state index is 0.883. The summed E-state index contributed by atoms with van der Waals surface area (Å²) in [6.45, 7) is 13.9. The minimum absolute atomic E-state index is 0.883. The van der Waals surface area contributed by atoms with E-state index < -0.39 is 0 Å². The van der Waals surface area contributed by atoms with Gasteiger partial charge < -0.3 is 4.90 Å². The molecule has 0 saturated heterocycles. The van der Waals surface area contributed by atoms with Crippen LogP contribution in [0.1, 0.15) is 54.2 Å². The van der Waals surface area contributed by atoms with E-state index in [9.17, 15) is 0 Å². The van der Waals surface area contributed by atoms with Gasteiger partial charge in [0.2, 0.25) is 0 Å². The van der Waals surface area contributed by atoms with Crippen molar-refractivity contribution < 1.29 is 0 Å². The second-order valence-electron chi connectivity index (χ2n) is 19.4. The normalized spacial score (nSPS) is 11.7. The van der Waals surface area contributed by atoms with E-state index in [2.05, 4.69) is 247 Å². The van der Waals surface area contributed by atoms with Gasteiger partial charge in [0.05, 0.1) is 0 Å². The molecule has 70 heavy (non-hydrogen) atoms. The minimum Gasteiger partial charge on any atom is -0.310 e. The zero-order valence-corrected chi connectivity index (χ0v) is 41.1. The Hall–Kier alpha value is -8.00. The van der Waals surface area contributed by atoms with Gasteiger partial charge in [-0.1, -0.05) is 166 Å². The van der Waals surface area contributed by atoms with Crippen LogP contribution in [0.4, 0.5) is 17.1 Å². The third kappa shape index (κ3) is 7.06. The number of aryl methyl sites for hydroxylation is 6. The Morgan fingerprint density at radius 3 is 0.771 bits per heavy atom. The van der Waals surface area contributed by atoms with Gasteiger partial charge in [-0.25, -0.2) is 0 Å². The van der Waals surface area contributed by atoms with Crippen molar-refractivity contribution in [1.29, 1.82) is 0 Å². The Morgan fingerprint density at radius 2 is 0.500 bits per heavy atom. The molecule has 338 valence electrons. The summed E-state index contributed by atoms with van der Waals surface area (Å²) in [6.07, 6.45) is 2.65. The zero-order chi connectivity index (χ0) is 47.6. The number of hydrogen-bond acceptors (Lipinski definition) is 1. The van der Waals surface area contributed by atoms with Gasteiger partial charge in [0, 0.05) is 17.1 Å². The molecule has 0 aliphatic heterocycles. The Morgan fingerprint density at radius 1 is 0.257 bits per heavy atom. The van der Waals surface area contributed by atoms with Crippen molar-refractivity contribution in [1.82, 2.24) is 0 Å². The predicted octanol–water partition coefficient (Wildman–Crippen LogP) is 19.7. The van der Waals surface area contributed by atoms with Crippen molar-refractivity contribution in [2.45, 2.75) is 60.8 Å². The van der Waals surface area contributed by atoms with Crippen molar-refractivity contribution in [2.75, 3.05) is 4.90 Å². The lowest BCUT2D eigenvalue weighted by Gasteiger charge is -2.33. The second-order valence-corrected chi connectivity index (χ2v) is 19.4. The van der Waals surface area contributed by atoms with E-state index in [4.69, 9.17) is 0 Å². The summed E-state index contributed by atoms with van der Waals surface area (Å²) >= 11 is 0. The molecule has 1 nitrogen and oxygen atoms in total. The molecule has 0 N–H and O–H groups in total. The highest BCUT2D eigenvalue weighted by molar-refractivity contribution is 6.16. The summed E-state index contributed by atoms with van der Waals surface area (Å²) in [5.74, 6) is 0. The molecular weight excluding hydrogens is 843 g/mol. The second kappa shape index (κ2) is 17.5. The molecule has 0 saturated carbocycles. The van der Waals surface area contributed by atoms with Crippen molar-refractivity contribution in [3.63, 3.8) is 0 Å². The first-order valence-corrected chi connectivity index (χ1v) is 25.3. The van der Waals surface area contributed by atoms with Crippen molar-refractivity contribution in [3.05, 3.63) is 234 Å². The SMILES string of the molecule is CCc1cc(-c2cc3ccccc3c3ccccc23)c(C)cc1N(c1cc(C)c(-c2cc3ccccc3c3ccccc23)cc1CC)c1cc(C)c(-c2cc3ccccc3c3ccccc23)cc1CC. The van der Waals surface area contributed by atoms with Crippen LogP contribution in [0.25, 0.3) is 98.0 Å².